The Morgan fingerprint density at radius 2 is 1.82 bits per heavy atom. The van der Waals surface area contributed by atoms with Crippen molar-refractivity contribution < 1.29 is 0 Å². The van der Waals surface area contributed by atoms with Crippen LogP contribution in [0.1, 0.15) is 80.2 Å². The number of aryl methyl sites for hydroxylation is 1. The Hall–Kier alpha value is -1.27. The second-order valence-corrected chi connectivity index (χ2v) is 10.3. The molecule has 2 aromatic rings. The van der Waals surface area contributed by atoms with Gasteiger partial charge in [0.05, 0.1) is 0 Å². The van der Waals surface area contributed by atoms with Crippen molar-refractivity contribution in [1.29, 1.82) is 0 Å². The van der Waals surface area contributed by atoms with Crippen molar-refractivity contribution in [1.82, 2.24) is 15.3 Å². The van der Waals surface area contributed by atoms with Gasteiger partial charge in [-0.25, -0.2) is 9.97 Å². The molecule has 34 heavy (non-hydrogen) atoms. The van der Waals surface area contributed by atoms with E-state index in [0.717, 1.165) is 32.6 Å². The molecule has 1 atom stereocenters. The molecule has 3 heterocycles. The lowest BCUT2D eigenvalue weighted by atomic mass is 9.72. The number of hydrogen-bond donors (Lipinski definition) is 2. The zero-order valence-electron chi connectivity index (χ0n) is 20.0. The third kappa shape index (κ3) is 4.74. The quantitative estimate of drug-likeness (QED) is 0.528. The van der Waals surface area contributed by atoms with Crippen molar-refractivity contribution in [2.24, 2.45) is 0 Å². The van der Waals surface area contributed by atoms with E-state index < -0.39 is 0 Å². The maximum absolute atomic E-state index is 4.76. The summed E-state index contributed by atoms with van der Waals surface area (Å²) in [5.41, 5.74) is 7.45. The highest BCUT2D eigenvalue weighted by Crippen LogP contribution is 2.47. The summed E-state index contributed by atoms with van der Waals surface area (Å²) < 4.78 is 0. The average Bonchev–Trinajstić information content (AvgIpc) is 3.54. The Morgan fingerprint density at radius 1 is 1.06 bits per heavy atom. The molecule has 8 heteroatoms. The normalized spacial score (nSPS) is 22.3. The van der Waals surface area contributed by atoms with Gasteiger partial charge in [-0.15, -0.1) is 37.2 Å². The van der Waals surface area contributed by atoms with Crippen molar-refractivity contribution in [3.63, 3.8) is 0 Å². The minimum absolute atomic E-state index is 0. The topological polar surface area (TPSA) is 53.1 Å². The van der Waals surface area contributed by atoms with Crippen LogP contribution in [0.25, 0.3) is 0 Å². The number of aromatic nitrogens is 2. The Morgan fingerprint density at radius 3 is 2.59 bits per heavy atom. The molecule has 1 saturated carbocycles. The van der Waals surface area contributed by atoms with Gasteiger partial charge in [0.2, 0.25) is 0 Å². The molecule has 2 fully saturated rings. The fourth-order valence-electron chi connectivity index (χ4n) is 6.71. The number of benzene rings is 1. The summed E-state index contributed by atoms with van der Waals surface area (Å²) in [6.45, 7) is 6.60. The molecule has 4 aliphatic rings. The van der Waals surface area contributed by atoms with Crippen molar-refractivity contribution >= 4 is 48.7 Å². The molecule has 1 aromatic heterocycles. The molecule has 1 spiro atoms. The fourth-order valence-corrected chi connectivity index (χ4v) is 6.71. The molecule has 1 unspecified atom stereocenters. The van der Waals surface area contributed by atoms with Gasteiger partial charge in [-0.2, -0.15) is 0 Å². The van der Waals surface area contributed by atoms with Gasteiger partial charge < -0.3 is 15.5 Å². The predicted molar refractivity (Wildman–Crippen MR) is 148 cm³/mol. The first-order valence-corrected chi connectivity index (χ1v) is 12.4. The number of anilines is 2. The standard InChI is InChI=1S/C26H35N5.3ClH/c1-18-9-10-21-23(18)25(30-17-29-21)31-13-11-26(12-14-31)16-28-22-8-4-5-19(24(22)26)15-27-20-6-2-3-7-20;;;/h4-5,8,17-18,20,27-28H,2-3,6-7,9-16H2,1H3;3*1H. The summed E-state index contributed by atoms with van der Waals surface area (Å²) in [7, 11) is 0. The van der Waals surface area contributed by atoms with E-state index >= 15 is 0 Å². The number of fused-ring (bicyclic) bond motifs is 3. The SMILES string of the molecule is CC1CCc2ncnc(N3CCC4(CC3)CNc3cccc(CNC5CCCC5)c34)c21.Cl.Cl.Cl. The van der Waals surface area contributed by atoms with Gasteiger partial charge in [0.25, 0.3) is 0 Å². The van der Waals surface area contributed by atoms with Crippen molar-refractivity contribution in [2.75, 3.05) is 29.9 Å². The molecule has 5 nitrogen and oxygen atoms in total. The third-order valence-electron chi connectivity index (χ3n) is 8.51. The van der Waals surface area contributed by atoms with Gasteiger partial charge in [-0.3, -0.25) is 0 Å². The molecular weight excluding hydrogens is 489 g/mol. The van der Waals surface area contributed by atoms with Gasteiger partial charge in [0.1, 0.15) is 12.1 Å². The van der Waals surface area contributed by atoms with Crippen molar-refractivity contribution in [3.8, 4) is 0 Å². The van der Waals surface area contributed by atoms with Crippen LogP contribution in [0.5, 0.6) is 0 Å². The number of halogens is 3. The van der Waals surface area contributed by atoms with E-state index in [-0.39, 0.29) is 42.6 Å². The smallest absolute Gasteiger partial charge is 0.135 e. The molecule has 188 valence electrons. The highest BCUT2D eigenvalue weighted by atomic mass is 35.5. The number of nitrogens with zero attached hydrogens (tertiary/aromatic N) is 3. The number of nitrogens with one attached hydrogen (secondary N) is 2. The van der Waals surface area contributed by atoms with E-state index in [1.807, 2.05) is 0 Å². The summed E-state index contributed by atoms with van der Waals surface area (Å²) in [6.07, 6.45) is 12.0. The molecule has 0 bridgehead atoms. The fraction of sp³-hybridized carbons (Fsp3) is 0.615. The lowest BCUT2D eigenvalue weighted by Crippen LogP contribution is -2.45. The zero-order valence-corrected chi connectivity index (χ0v) is 22.5. The summed E-state index contributed by atoms with van der Waals surface area (Å²) in [4.78, 5) is 11.9. The monoisotopic (exact) mass is 525 g/mol. The van der Waals surface area contributed by atoms with E-state index in [9.17, 15) is 0 Å². The van der Waals surface area contributed by atoms with E-state index in [1.165, 1.54) is 73.3 Å². The Kier molecular flexibility index (Phi) is 9.00. The molecule has 2 aliphatic carbocycles. The van der Waals surface area contributed by atoms with Gasteiger partial charge in [0.15, 0.2) is 0 Å². The molecule has 0 amide bonds. The number of hydrogen-bond acceptors (Lipinski definition) is 5. The van der Waals surface area contributed by atoms with Crippen LogP contribution in [0.4, 0.5) is 11.5 Å². The molecule has 0 radical (unpaired) electrons. The van der Waals surface area contributed by atoms with Crippen LogP contribution in [0, 0.1) is 0 Å². The van der Waals surface area contributed by atoms with E-state index in [2.05, 4.69) is 45.6 Å². The molecule has 1 aromatic carbocycles. The second-order valence-electron chi connectivity index (χ2n) is 10.3. The maximum atomic E-state index is 4.76. The lowest BCUT2D eigenvalue weighted by molar-refractivity contribution is 0.357. The van der Waals surface area contributed by atoms with E-state index in [1.54, 1.807) is 11.9 Å². The Balaban J connectivity index is 0.00000108. The summed E-state index contributed by atoms with van der Waals surface area (Å²) in [5, 5.41) is 7.62. The molecule has 2 N–H and O–H groups in total. The summed E-state index contributed by atoms with van der Waals surface area (Å²) >= 11 is 0. The number of rotatable bonds is 4. The minimum Gasteiger partial charge on any atom is -0.384 e. The van der Waals surface area contributed by atoms with Crippen molar-refractivity contribution in [3.05, 3.63) is 46.9 Å². The van der Waals surface area contributed by atoms with Crippen LogP contribution < -0.4 is 15.5 Å². The molecular formula is C26H38Cl3N5. The molecule has 6 rings (SSSR count). The minimum atomic E-state index is 0. The lowest BCUT2D eigenvalue weighted by Gasteiger charge is -2.41. The first-order chi connectivity index (χ1) is 15.2. The van der Waals surface area contributed by atoms with E-state index in [0.29, 0.717) is 12.0 Å². The highest BCUT2D eigenvalue weighted by molar-refractivity contribution is 5.86. The maximum Gasteiger partial charge on any atom is 0.135 e. The van der Waals surface area contributed by atoms with Gasteiger partial charge in [-0.1, -0.05) is 31.9 Å². The predicted octanol–water partition coefficient (Wildman–Crippen LogP) is 5.79. The Labute approximate surface area is 222 Å². The van der Waals surface area contributed by atoms with E-state index in [4.69, 9.17) is 4.98 Å². The number of piperidine rings is 1. The van der Waals surface area contributed by atoms with Crippen LogP contribution >= 0.6 is 37.2 Å². The summed E-state index contributed by atoms with van der Waals surface area (Å²) in [5.74, 6) is 1.80. The van der Waals surface area contributed by atoms with Crippen LogP contribution in [0.3, 0.4) is 0 Å². The zero-order chi connectivity index (χ0) is 20.8. The second kappa shape index (κ2) is 11.2. The highest BCUT2D eigenvalue weighted by Gasteiger charge is 2.43. The van der Waals surface area contributed by atoms with Crippen LogP contribution in [0.15, 0.2) is 24.5 Å². The van der Waals surface area contributed by atoms with Gasteiger partial charge >= 0.3 is 0 Å². The summed E-state index contributed by atoms with van der Waals surface area (Å²) in [6, 6.07) is 7.59. The molecule has 2 aliphatic heterocycles. The van der Waals surface area contributed by atoms with Crippen LogP contribution in [-0.2, 0) is 18.4 Å². The van der Waals surface area contributed by atoms with Crippen molar-refractivity contribution in [2.45, 2.75) is 82.2 Å². The largest absolute Gasteiger partial charge is 0.384 e. The average molecular weight is 527 g/mol. The van der Waals surface area contributed by atoms with Crippen LogP contribution in [0.2, 0.25) is 0 Å². The first-order valence-electron chi connectivity index (χ1n) is 12.4. The van der Waals surface area contributed by atoms with Gasteiger partial charge in [-0.05, 0) is 61.6 Å². The third-order valence-corrected chi connectivity index (χ3v) is 8.51. The van der Waals surface area contributed by atoms with Crippen LogP contribution in [-0.4, -0.2) is 35.6 Å². The molecule has 1 saturated heterocycles. The Bertz CT molecular complexity index is 971. The van der Waals surface area contributed by atoms with Gasteiger partial charge in [0, 0.05) is 54.6 Å². The first kappa shape index (κ1) is 27.3.